The number of benzene rings is 1. The van der Waals surface area contributed by atoms with Gasteiger partial charge in [0, 0.05) is 37.1 Å². The Bertz CT molecular complexity index is 602. The maximum Gasteiger partial charge on any atom is 0.227 e. The number of rotatable bonds is 7. The molecule has 0 atom stereocenters. The Labute approximate surface area is 158 Å². The van der Waals surface area contributed by atoms with Crippen LogP contribution in [0.2, 0.25) is 10.0 Å². The lowest BCUT2D eigenvalue weighted by Crippen LogP contribution is -2.36. The highest BCUT2D eigenvalue weighted by Crippen LogP contribution is 2.31. The van der Waals surface area contributed by atoms with Crippen molar-refractivity contribution in [2.75, 3.05) is 25.6 Å². The van der Waals surface area contributed by atoms with E-state index >= 15 is 0 Å². The quantitative estimate of drug-likeness (QED) is 0.698. The lowest BCUT2D eigenvalue weighted by Gasteiger charge is -2.27. The lowest BCUT2D eigenvalue weighted by atomic mass is 9.81. The summed E-state index contributed by atoms with van der Waals surface area (Å²) < 4.78 is 4.96. The summed E-state index contributed by atoms with van der Waals surface area (Å²) in [6.07, 6.45) is 3.66. The molecule has 1 aromatic carbocycles. The van der Waals surface area contributed by atoms with Crippen LogP contribution < -0.4 is 10.6 Å². The number of carbonyl (C=O) groups excluding carboxylic acids is 2. The largest absolute Gasteiger partial charge is 0.385 e. The zero-order chi connectivity index (χ0) is 18.2. The molecule has 0 spiro atoms. The van der Waals surface area contributed by atoms with Crippen LogP contribution >= 0.6 is 23.2 Å². The first-order chi connectivity index (χ1) is 12.0. The van der Waals surface area contributed by atoms with E-state index in [2.05, 4.69) is 10.6 Å². The van der Waals surface area contributed by atoms with Gasteiger partial charge in [0.25, 0.3) is 0 Å². The Morgan fingerprint density at radius 3 is 2.36 bits per heavy atom. The van der Waals surface area contributed by atoms with Crippen molar-refractivity contribution in [2.45, 2.75) is 32.1 Å². The minimum Gasteiger partial charge on any atom is -0.385 e. The standard InChI is InChI=1S/C18H24Cl2N2O3/c1-25-10-2-9-21-17(23)12-3-5-13(6-4-12)18(24)22-16-8-7-14(19)11-15(16)20/h7-8,11-13H,2-6,9-10H2,1H3,(H,21,23)(H,22,24). The highest BCUT2D eigenvalue weighted by Gasteiger charge is 2.30. The molecule has 2 amide bonds. The molecule has 0 heterocycles. The van der Waals surface area contributed by atoms with Crippen molar-refractivity contribution in [3.05, 3.63) is 28.2 Å². The van der Waals surface area contributed by atoms with Crippen molar-refractivity contribution in [3.8, 4) is 0 Å². The first kappa shape index (κ1) is 20.0. The molecule has 2 N–H and O–H groups in total. The van der Waals surface area contributed by atoms with Crippen molar-refractivity contribution < 1.29 is 14.3 Å². The molecule has 1 fully saturated rings. The van der Waals surface area contributed by atoms with E-state index in [1.54, 1.807) is 25.3 Å². The molecule has 0 bridgehead atoms. The van der Waals surface area contributed by atoms with Gasteiger partial charge in [0.05, 0.1) is 10.7 Å². The Kier molecular flexibility index (Phi) is 8.00. The molecule has 2 rings (SSSR count). The second-order valence-electron chi connectivity index (χ2n) is 6.30. The highest BCUT2D eigenvalue weighted by atomic mass is 35.5. The number of carbonyl (C=O) groups is 2. The average molecular weight is 387 g/mol. The van der Waals surface area contributed by atoms with Crippen molar-refractivity contribution in [2.24, 2.45) is 11.8 Å². The van der Waals surface area contributed by atoms with Crippen LogP contribution in [0, 0.1) is 11.8 Å². The third kappa shape index (κ3) is 6.17. The van der Waals surface area contributed by atoms with Crippen molar-refractivity contribution >= 4 is 40.7 Å². The number of methoxy groups -OCH3 is 1. The smallest absolute Gasteiger partial charge is 0.227 e. The molecule has 1 aromatic rings. The summed E-state index contributed by atoms with van der Waals surface area (Å²) in [5.74, 6) is -0.0751. The van der Waals surface area contributed by atoms with Crippen molar-refractivity contribution in [3.63, 3.8) is 0 Å². The zero-order valence-electron chi connectivity index (χ0n) is 14.3. The number of anilines is 1. The Morgan fingerprint density at radius 2 is 1.76 bits per heavy atom. The van der Waals surface area contributed by atoms with Gasteiger partial charge >= 0.3 is 0 Å². The number of hydrogen-bond acceptors (Lipinski definition) is 3. The molecule has 0 radical (unpaired) electrons. The maximum atomic E-state index is 12.4. The number of hydrogen-bond donors (Lipinski definition) is 2. The summed E-state index contributed by atoms with van der Waals surface area (Å²) >= 11 is 11.9. The predicted molar refractivity (Wildman–Crippen MR) is 100 cm³/mol. The number of ether oxygens (including phenoxy) is 1. The van der Waals surface area contributed by atoms with Gasteiger partial charge in [-0.15, -0.1) is 0 Å². The average Bonchev–Trinajstić information content (AvgIpc) is 2.61. The predicted octanol–water partition coefficient (Wildman–Crippen LogP) is 3.89. The van der Waals surface area contributed by atoms with Crippen LogP contribution in [-0.2, 0) is 14.3 Å². The molecule has 1 aliphatic rings. The summed E-state index contributed by atoms with van der Waals surface area (Å²) in [6.45, 7) is 1.27. The van der Waals surface area contributed by atoms with Gasteiger partial charge in [-0.2, -0.15) is 0 Å². The highest BCUT2D eigenvalue weighted by molar-refractivity contribution is 6.36. The van der Waals surface area contributed by atoms with Gasteiger partial charge < -0.3 is 15.4 Å². The normalized spacial score (nSPS) is 20.1. The van der Waals surface area contributed by atoms with Gasteiger partial charge in [0.2, 0.25) is 11.8 Å². The summed E-state index contributed by atoms with van der Waals surface area (Å²) in [4.78, 5) is 24.5. The Balaban J connectivity index is 1.77. The molecule has 1 aliphatic carbocycles. The van der Waals surface area contributed by atoms with Crippen LogP contribution in [0.3, 0.4) is 0 Å². The third-order valence-corrected chi connectivity index (χ3v) is 5.03. The van der Waals surface area contributed by atoms with Crippen LogP contribution in [0.5, 0.6) is 0 Å². The molecule has 25 heavy (non-hydrogen) atoms. The van der Waals surface area contributed by atoms with Gasteiger partial charge in [-0.25, -0.2) is 0 Å². The fourth-order valence-electron chi connectivity index (χ4n) is 3.02. The summed E-state index contributed by atoms with van der Waals surface area (Å²) in [6, 6.07) is 4.99. The van der Waals surface area contributed by atoms with Crippen LogP contribution in [-0.4, -0.2) is 32.1 Å². The summed E-state index contributed by atoms with van der Waals surface area (Å²) in [7, 11) is 1.64. The third-order valence-electron chi connectivity index (χ3n) is 4.48. The van der Waals surface area contributed by atoms with Crippen LogP contribution in [0.25, 0.3) is 0 Å². The number of amides is 2. The van der Waals surface area contributed by atoms with Crippen LogP contribution in [0.4, 0.5) is 5.69 Å². The van der Waals surface area contributed by atoms with Crippen LogP contribution in [0.1, 0.15) is 32.1 Å². The second kappa shape index (κ2) is 10.00. The Hall–Kier alpha value is -1.30. The monoisotopic (exact) mass is 386 g/mol. The minimum atomic E-state index is -0.0933. The van der Waals surface area contributed by atoms with Crippen LogP contribution in [0.15, 0.2) is 18.2 Å². The fraction of sp³-hybridized carbons (Fsp3) is 0.556. The van der Waals surface area contributed by atoms with E-state index in [0.717, 1.165) is 19.3 Å². The SMILES string of the molecule is COCCCNC(=O)C1CCC(C(=O)Nc2ccc(Cl)cc2Cl)CC1. The van der Waals surface area contributed by atoms with E-state index in [0.29, 0.717) is 41.7 Å². The van der Waals surface area contributed by atoms with Gasteiger partial charge in [0.1, 0.15) is 0 Å². The van der Waals surface area contributed by atoms with Crippen molar-refractivity contribution in [1.82, 2.24) is 5.32 Å². The van der Waals surface area contributed by atoms with Gasteiger partial charge in [-0.3, -0.25) is 9.59 Å². The molecule has 7 heteroatoms. The van der Waals surface area contributed by atoms with E-state index in [4.69, 9.17) is 27.9 Å². The van der Waals surface area contributed by atoms with Gasteiger partial charge in [0.15, 0.2) is 0 Å². The molecular formula is C18H24Cl2N2O3. The van der Waals surface area contributed by atoms with E-state index < -0.39 is 0 Å². The first-order valence-electron chi connectivity index (χ1n) is 8.54. The molecule has 0 aliphatic heterocycles. The first-order valence-corrected chi connectivity index (χ1v) is 9.29. The number of halogens is 2. The molecule has 0 saturated heterocycles. The second-order valence-corrected chi connectivity index (χ2v) is 7.14. The van der Waals surface area contributed by atoms with Gasteiger partial charge in [-0.05, 0) is 50.3 Å². The van der Waals surface area contributed by atoms with E-state index in [-0.39, 0.29) is 23.7 Å². The molecule has 138 valence electrons. The van der Waals surface area contributed by atoms with Crippen molar-refractivity contribution in [1.29, 1.82) is 0 Å². The fourth-order valence-corrected chi connectivity index (χ4v) is 3.47. The summed E-state index contributed by atoms with van der Waals surface area (Å²) in [5, 5.41) is 6.74. The summed E-state index contributed by atoms with van der Waals surface area (Å²) in [5.41, 5.74) is 0.564. The number of nitrogens with one attached hydrogen (secondary N) is 2. The van der Waals surface area contributed by atoms with E-state index in [1.807, 2.05) is 0 Å². The molecule has 0 unspecified atom stereocenters. The molecule has 0 aromatic heterocycles. The van der Waals surface area contributed by atoms with Gasteiger partial charge in [-0.1, -0.05) is 23.2 Å². The molecule has 1 saturated carbocycles. The topological polar surface area (TPSA) is 67.4 Å². The minimum absolute atomic E-state index is 0.00860. The molecular weight excluding hydrogens is 363 g/mol. The van der Waals surface area contributed by atoms with E-state index in [9.17, 15) is 9.59 Å². The molecule has 5 nitrogen and oxygen atoms in total. The maximum absolute atomic E-state index is 12.4. The van der Waals surface area contributed by atoms with E-state index in [1.165, 1.54) is 0 Å². The zero-order valence-corrected chi connectivity index (χ0v) is 15.8. The lowest BCUT2D eigenvalue weighted by molar-refractivity contribution is -0.128. The Morgan fingerprint density at radius 1 is 1.12 bits per heavy atom.